The van der Waals surface area contributed by atoms with Gasteiger partial charge in [-0.2, -0.15) is 0 Å². The van der Waals surface area contributed by atoms with Crippen molar-refractivity contribution in [3.63, 3.8) is 0 Å². The smallest absolute Gasteiger partial charge is 0.408 e. The topological polar surface area (TPSA) is 200 Å². The molecule has 0 heterocycles. The Morgan fingerprint density at radius 1 is 0.865 bits per heavy atom. The van der Waals surface area contributed by atoms with E-state index in [9.17, 15) is 38.3 Å². The highest BCUT2D eigenvalue weighted by molar-refractivity contribution is 5.96. The molecule has 13 nitrogen and oxygen atoms in total. The first-order chi connectivity index (χ1) is 17.3. The Kier molecular flexibility index (Phi) is 12.7. The van der Waals surface area contributed by atoms with Gasteiger partial charge in [0.05, 0.1) is 12.5 Å². The number of carboxylic acid groups (broad SMARTS) is 1. The number of rotatable bonds is 14. The number of carboxylic acids is 1. The number of alkyl carbamates (subject to hydrolysis) is 1. The summed E-state index contributed by atoms with van der Waals surface area (Å²) in [5.41, 5.74) is 0.724. The Morgan fingerprint density at radius 2 is 1.43 bits per heavy atom. The molecule has 0 spiro atoms. The van der Waals surface area contributed by atoms with E-state index in [0.29, 0.717) is 0 Å². The van der Waals surface area contributed by atoms with Gasteiger partial charge in [-0.25, -0.2) is 9.18 Å². The highest BCUT2D eigenvalue weighted by Gasteiger charge is 2.31. The van der Waals surface area contributed by atoms with E-state index < -0.39 is 78.9 Å². The van der Waals surface area contributed by atoms with Crippen molar-refractivity contribution in [2.75, 3.05) is 6.67 Å². The molecule has 0 aromatic heterocycles. The summed E-state index contributed by atoms with van der Waals surface area (Å²) in [4.78, 5) is 71.7. The molecule has 0 aliphatic carbocycles. The molecule has 14 heteroatoms. The standard InChI is InChI=1S/C23H31FN4O9/c1-12(20(33)27-16(9-18(31)32)17(30)10-24)25-22(35)19(14(3)29)28-21(34)13(2)26-23(36)37-11-15-7-5-4-6-8-15/h4-8,12-14,16,19,29H,9-11H2,1-3H3,(H,25,35)(H,26,36)(H,27,33)(H,28,34)(H,31,32)/t12-,13-,14+,16-,19-/m0/s1. The van der Waals surface area contributed by atoms with Gasteiger partial charge in [0.2, 0.25) is 17.7 Å². The van der Waals surface area contributed by atoms with Crippen LogP contribution in [0.3, 0.4) is 0 Å². The zero-order valence-corrected chi connectivity index (χ0v) is 20.5. The van der Waals surface area contributed by atoms with Gasteiger partial charge in [0, 0.05) is 0 Å². The van der Waals surface area contributed by atoms with Gasteiger partial charge in [0.1, 0.15) is 37.4 Å². The number of halogens is 1. The van der Waals surface area contributed by atoms with E-state index in [4.69, 9.17) is 9.84 Å². The molecule has 0 radical (unpaired) electrons. The molecule has 1 aromatic rings. The summed E-state index contributed by atoms with van der Waals surface area (Å²) in [6.45, 7) is 2.17. The second kappa shape index (κ2) is 15.1. The Balaban J connectivity index is 2.67. The quantitative estimate of drug-likeness (QED) is 0.179. The van der Waals surface area contributed by atoms with E-state index in [-0.39, 0.29) is 6.61 Å². The van der Waals surface area contributed by atoms with Crippen molar-refractivity contribution >= 4 is 35.6 Å². The van der Waals surface area contributed by atoms with Crippen LogP contribution in [0.4, 0.5) is 9.18 Å². The van der Waals surface area contributed by atoms with Gasteiger partial charge >= 0.3 is 12.1 Å². The number of aliphatic carboxylic acids is 1. The number of carbonyl (C=O) groups excluding carboxylic acids is 5. The average molecular weight is 527 g/mol. The van der Waals surface area contributed by atoms with Crippen LogP contribution in [0.1, 0.15) is 32.8 Å². The maximum Gasteiger partial charge on any atom is 0.408 e. The van der Waals surface area contributed by atoms with Gasteiger partial charge < -0.3 is 36.2 Å². The molecule has 0 unspecified atom stereocenters. The first kappa shape index (κ1) is 31.0. The van der Waals surface area contributed by atoms with Gasteiger partial charge in [0.15, 0.2) is 5.78 Å². The van der Waals surface area contributed by atoms with Crippen LogP contribution in [0.2, 0.25) is 0 Å². The van der Waals surface area contributed by atoms with Crippen molar-refractivity contribution in [1.29, 1.82) is 0 Å². The normalized spacial score (nSPS) is 14.6. The molecule has 204 valence electrons. The zero-order chi connectivity index (χ0) is 28.1. The predicted octanol–water partition coefficient (Wildman–Crippen LogP) is -0.830. The number of hydrogen-bond donors (Lipinski definition) is 6. The summed E-state index contributed by atoms with van der Waals surface area (Å²) in [5.74, 6) is -5.44. The number of carbonyl (C=O) groups is 6. The third kappa shape index (κ3) is 11.0. The fourth-order valence-electron chi connectivity index (χ4n) is 2.87. The lowest BCUT2D eigenvalue weighted by molar-refractivity contribution is -0.140. The minimum Gasteiger partial charge on any atom is -0.481 e. The number of aliphatic hydroxyl groups excluding tert-OH is 1. The lowest BCUT2D eigenvalue weighted by Gasteiger charge is -2.25. The van der Waals surface area contributed by atoms with Crippen molar-refractivity contribution in [2.24, 2.45) is 0 Å². The molecular formula is C23H31FN4O9. The Hall–Kier alpha value is -4.07. The minimum atomic E-state index is -1.64. The van der Waals surface area contributed by atoms with Crippen molar-refractivity contribution in [3.8, 4) is 0 Å². The maximum atomic E-state index is 12.7. The highest BCUT2D eigenvalue weighted by Crippen LogP contribution is 2.02. The summed E-state index contributed by atoms with van der Waals surface area (Å²) < 4.78 is 17.7. The van der Waals surface area contributed by atoms with Crippen LogP contribution in [-0.2, 0) is 35.3 Å². The van der Waals surface area contributed by atoms with Crippen LogP contribution in [0.15, 0.2) is 30.3 Å². The van der Waals surface area contributed by atoms with Crippen LogP contribution in [-0.4, -0.2) is 82.7 Å². The third-order valence-corrected chi connectivity index (χ3v) is 4.97. The molecular weight excluding hydrogens is 495 g/mol. The van der Waals surface area contributed by atoms with Crippen molar-refractivity contribution in [3.05, 3.63) is 35.9 Å². The number of benzene rings is 1. The van der Waals surface area contributed by atoms with Gasteiger partial charge in [-0.15, -0.1) is 0 Å². The van der Waals surface area contributed by atoms with Crippen molar-refractivity contribution < 1.29 is 48.1 Å². The summed E-state index contributed by atoms with van der Waals surface area (Å²) in [5, 5.41) is 27.6. The monoisotopic (exact) mass is 526 g/mol. The molecule has 0 aliphatic heterocycles. The minimum absolute atomic E-state index is 0.0378. The molecule has 0 aliphatic rings. The van der Waals surface area contributed by atoms with Crippen LogP contribution >= 0.6 is 0 Å². The largest absolute Gasteiger partial charge is 0.481 e. The number of ether oxygens (including phenoxy) is 1. The molecule has 6 N–H and O–H groups in total. The second-order valence-corrected chi connectivity index (χ2v) is 8.14. The molecule has 1 aromatic carbocycles. The lowest BCUT2D eigenvalue weighted by Crippen LogP contribution is -2.59. The Labute approximate surface area is 212 Å². The Bertz CT molecular complexity index is 974. The number of amides is 4. The molecule has 0 fully saturated rings. The molecule has 0 saturated heterocycles. The Morgan fingerprint density at radius 3 is 1.97 bits per heavy atom. The third-order valence-electron chi connectivity index (χ3n) is 4.97. The van der Waals surface area contributed by atoms with E-state index in [1.54, 1.807) is 30.3 Å². The molecule has 0 saturated carbocycles. The van der Waals surface area contributed by atoms with Crippen LogP contribution < -0.4 is 21.3 Å². The fraction of sp³-hybridized carbons (Fsp3) is 0.478. The molecule has 4 amide bonds. The second-order valence-electron chi connectivity index (χ2n) is 8.14. The van der Waals surface area contributed by atoms with Crippen LogP contribution in [0, 0.1) is 0 Å². The highest BCUT2D eigenvalue weighted by atomic mass is 19.1. The van der Waals surface area contributed by atoms with Crippen molar-refractivity contribution in [1.82, 2.24) is 21.3 Å². The number of aliphatic hydroxyl groups is 1. The summed E-state index contributed by atoms with van der Waals surface area (Å²) in [6, 6.07) is 3.09. The van der Waals surface area contributed by atoms with E-state index in [1.807, 2.05) is 5.32 Å². The first-order valence-electron chi connectivity index (χ1n) is 11.2. The van der Waals surface area contributed by atoms with E-state index in [0.717, 1.165) is 5.56 Å². The van der Waals surface area contributed by atoms with Crippen molar-refractivity contribution in [2.45, 2.75) is 64.1 Å². The van der Waals surface area contributed by atoms with Gasteiger partial charge in [-0.1, -0.05) is 30.3 Å². The van der Waals surface area contributed by atoms with Gasteiger partial charge in [0.25, 0.3) is 0 Å². The number of Topliss-reactive ketones (excluding diaryl/α,β-unsaturated/α-hetero) is 1. The number of ketones is 1. The lowest BCUT2D eigenvalue weighted by atomic mass is 10.1. The zero-order valence-electron chi connectivity index (χ0n) is 20.5. The van der Waals surface area contributed by atoms with Gasteiger partial charge in [-0.3, -0.25) is 24.0 Å². The molecule has 5 atom stereocenters. The fourth-order valence-corrected chi connectivity index (χ4v) is 2.87. The summed E-state index contributed by atoms with van der Waals surface area (Å²) in [6.07, 6.45) is -3.18. The van der Waals surface area contributed by atoms with E-state index in [1.165, 1.54) is 20.8 Å². The van der Waals surface area contributed by atoms with E-state index >= 15 is 0 Å². The SMILES string of the molecule is C[C@H](NC(=O)OCc1ccccc1)C(=O)N[C@H](C(=O)N[C@@H](C)C(=O)N[C@@H](CC(=O)O)C(=O)CF)[C@@H](C)O. The molecule has 37 heavy (non-hydrogen) atoms. The van der Waals surface area contributed by atoms with Crippen LogP contribution in [0.25, 0.3) is 0 Å². The van der Waals surface area contributed by atoms with E-state index in [2.05, 4.69) is 16.0 Å². The van der Waals surface area contributed by atoms with Crippen LogP contribution in [0.5, 0.6) is 0 Å². The average Bonchev–Trinajstić information content (AvgIpc) is 2.84. The maximum absolute atomic E-state index is 12.7. The van der Waals surface area contributed by atoms with Gasteiger partial charge in [-0.05, 0) is 26.3 Å². The number of nitrogens with one attached hydrogen (secondary N) is 4. The molecule has 1 rings (SSSR count). The summed E-state index contributed by atoms with van der Waals surface area (Å²) >= 11 is 0. The molecule has 0 bridgehead atoms. The number of hydrogen-bond acceptors (Lipinski definition) is 8. The first-order valence-corrected chi connectivity index (χ1v) is 11.2. The summed E-state index contributed by atoms with van der Waals surface area (Å²) in [7, 11) is 0. The number of alkyl halides is 1. The predicted molar refractivity (Wildman–Crippen MR) is 126 cm³/mol.